The predicted molar refractivity (Wildman–Crippen MR) is 507 cm³/mol. The third-order valence-corrected chi connectivity index (χ3v) is 20.0. The van der Waals surface area contributed by atoms with Crippen LogP contribution < -0.4 is 157 Å². The Morgan fingerprint density at radius 2 is 0.952 bits per heavy atom. The molecule has 1 radical (unpaired) electrons. The number of aromatic nitrogens is 16. The number of carboxylic acids is 1. The van der Waals surface area contributed by atoms with Crippen molar-refractivity contribution in [2.45, 2.75) is 108 Å². The van der Waals surface area contributed by atoms with Crippen LogP contribution in [0.15, 0.2) is 220 Å². The van der Waals surface area contributed by atoms with Crippen molar-refractivity contribution >= 4 is 193 Å². The number of aromatic amines is 1. The molecule has 0 spiro atoms. The van der Waals surface area contributed by atoms with Crippen LogP contribution in [0.2, 0.25) is 0 Å². The summed E-state index contributed by atoms with van der Waals surface area (Å²) in [6, 6.07) is 38.6. The first-order chi connectivity index (χ1) is 58.8. The van der Waals surface area contributed by atoms with Gasteiger partial charge in [-0.05, 0) is 167 Å². The Bertz CT molecular complexity index is 6230. The molecule has 0 saturated heterocycles. The molecule has 27 nitrogen and oxygen atoms in total. The van der Waals surface area contributed by atoms with E-state index in [0.29, 0.717) is 29.1 Å². The standard InChI is InChI=1S/C26H26N4O.C14H9BrN4O.C14H10N4O.C12H19BO2.C10H10N2.C4H2Br2N2.C2H4O2.CH3F.CH2F.CH2O3.2CH4.BHNS.BrH.2Cs/c1-15(2)18-7-6-8-19(16(3)4)23(18)22-14-29-25-21-13-17(31-5)9-10-20(21)24-26(30(22)25)28-12-11-27-24;1-20-8-2-3-9-10(6-8)13-18-7-11(15)19(13)14-12(9)16-4-5-17-14;1-19-9-2-3-10-11(8-9)13-17-6-7-18(13)14-12(10)15-4-5-16-14;1-8(2)10-6-5-7-11(9(3)4)12(10)13(14)15;1-8-3-2-4-9(7-8)10-11-5-6-12-10;5-3-4(6)8-2-1-7-3;1-2(3)4;2*1-2;2-1-4-3;;;1-2-3;;;/h6-16H,1-5H3;2-7H,1H3;2-8H,1H3;5-9,14-15H,1-4H3;2-7H,1H3,(H,11,12);1-2H;1H3,(H,3,4);1H3;1H2;1,3H;2*1H4;3H;1H;;/q;;;;;;;;-1;;;;;;2*+1/i;;;;;;;1D;;;;;;;;/hD. The summed E-state index contributed by atoms with van der Waals surface area (Å²) in [5.41, 5.74) is 17.6. The van der Waals surface area contributed by atoms with Gasteiger partial charge in [-0.15, -0.1) is 17.0 Å². The molecule has 17 rings (SSSR count). The van der Waals surface area contributed by atoms with Crippen LogP contribution in [-0.4, -0.2) is 154 Å². The largest absolute Gasteiger partial charge is 1.00 e. The number of benzene rings is 6. The van der Waals surface area contributed by atoms with Crippen LogP contribution >= 0.6 is 77.6 Å². The first-order valence-electron chi connectivity index (χ1n) is 37.6. The number of nitrogens with one attached hydrogen (secondary N) is 1. The summed E-state index contributed by atoms with van der Waals surface area (Å²) < 4.78 is 57.6. The average Bonchev–Trinajstić information content (AvgIpc) is 1.64. The van der Waals surface area contributed by atoms with E-state index in [9.17, 15) is 18.8 Å². The van der Waals surface area contributed by atoms with Crippen molar-refractivity contribution in [1.29, 1.82) is 1.43 Å². The molecule has 0 bridgehead atoms. The Kier molecular flexibility index (Phi) is 50.9. The molecule has 645 valence electrons. The molecule has 0 amide bonds. The number of carbonyl (C=O) groups excluding carboxylic acids is 1. The Balaban J connectivity index is 0.000000510. The number of fused-ring (bicyclic) bond motifs is 18. The molecule has 0 unspecified atom stereocenters. The monoisotopic (exact) mass is 2220 g/mol. The number of nitrogens with zero attached hydrogens (tertiary/aromatic N) is 16. The van der Waals surface area contributed by atoms with Crippen LogP contribution in [0.4, 0.5) is 8.78 Å². The number of H-pyrrole nitrogens is 1. The van der Waals surface area contributed by atoms with Gasteiger partial charge >= 0.3 is 176 Å². The van der Waals surface area contributed by atoms with Gasteiger partial charge in [0.15, 0.2) is 16.9 Å². The second kappa shape index (κ2) is 57.7. The second-order valence-corrected chi connectivity index (χ2v) is 29.1. The SMILES string of the molecule is Br.Brc1nccnc1Br.C.C.CC(=O)O.CC(C)c1cccc(C(C)C)c1B(O)O.COc1ccc2c(c1)c1ncc(-c3c(C(C)C)cccc3C(C)C)n1c1nccnc21.COc1ccc2c(c1)c1ncc(Br)n1c1nccnc21.COc1ccc2c(c1)c1nccn1c1nccnc21.Cc1cccc(-c2ncc[nH]2)c1.[2H]CF.[2H]OOC=O.[B]=NS.[CH2-]F.[Cs+].[Cs+]. The van der Waals surface area contributed by atoms with Crippen molar-refractivity contribution in [1.82, 2.24) is 78.0 Å². The van der Waals surface area contributed by atoms with Crippen LogP contribution in [0.1, 0.15) is 130 Å². The number of hydrogen-bond acceptors (Lipinski definition) is 23. The number of hydrogen-bond donors (Lipinski definition) is 6. The summed E-state index contributed by atoms with van der Waals surface area (Å²) >= 11 is 13.1. The summed E-state index contributed by atoms with van der Waals surface area (Å²) in [6.07, 6.45) is 24.5. The molecule has 0 atom stereocenters. The van der Waals surface area contributed by atoms with Crippen LogP contribution in [0.25, 0.3) is 107 Å². The van der Waals surface area contributed by atoms with Crippen molar-refractivity contribution in [3.8, 4) is 39.9 Å². The molecule has 0 aliphatic carbocycles. The van der Waals surface area contributed by atoms with E-state index in [1.807, 2.05) is 112 Å². The molecule has 5 N–H and O–H groups in total. The average molecular weight is 2220 g/mol. The number of rotatable bonds is 12. The summed E-state index contributed by atoms with van der Waals surface area (Å²) in [7, 11) is 8.71. The normalized spacial score (nSPS) is 10.2. The molecule has 11 heterocycles. The Morgan fingerprint density at radius 3 is 1.34 bits per heavy atom. The van der Waals surface area contributed by atoms with E-state index in [4.69, 9.17) is 46.7 Å². The number of ether oxygens (including phenoxy) is 3. The van der Waals surface area contributed by atoms with E-state index in [1.54, 1.807) is 96.7 Å². The molecular weight excluding hydrogens is 2120 g/mol. The Morgan fingerprint density at radius 1 is 0.568 bits per heavy atom. The van der Waals surface area contributed by atoms with Gasteiger partial charge in [-0.3, -0.25) is 42.1 Å². The molecular formula is C87H97B2Br4Cs2F2N17O10S+. The molecule has 0 aliphatic rings. The van der Waals surface area contributed by atoms with Gasteiger partial charge in [-0.25, -0.2) is 50.1 Å². The third kappa shape index (κ3) is 29.7. The van der Waals surface area contributed by atoms with E-state index in [1.165, 1.54) is 22.3 Å². The van der Waals surface area contributed by atoms with Crippen molar-refractivity contribution in [2.75, 3.05) is 28.5 Å². The first-order valence-corrected chi connectivity index (χ1v) is 39.3. The van der Waals surface area contributed by atoms with Crippen LogP contribution in [0.5, 0.6) is 17.2 Å². The Labute approximate surface area is 888 Å². The second-order valence-electron chi connectivity index (χ2n) is 26.5. The maximum absolute atomic E-state index is 9.96. The number of carboxylic acid groups (broad SMARTS) is 1. The number of aryl methyl sites for hydroxylation is 1. The van der Waals surface area contributed by atoms with Gasteiger partial charge in [0.1, 0.15) is 70.4 Å². The zero-order valence-electron chi connectivity index (χ0n) is 72.1. The number of halogens is 6. The summed E-state index contributed by atoms with van der Waals surface area (Å²) in [6.45, 7) is 20.4. The van der Waals surface area contributed by atoms with Gasteiger partial charge in [0, 0.05) is 125 Å². The molecule has 38 heteroatoms. The fraction of sp³-hybridized carbons (Fsp3) is 0.230. The van der Waals surface area contributed by atoms with E-state index in [-0.39, 0.29) is 176 Å². The van der Waals surface area contributed by atoms with E-state index >= 15 is 0 Å². The number of aliphatic carboxylic acids is 1. The van der Waals surface area contributed by atoms with Gasteiger partial charge in [0.05, 0.1) is 47.9 Å². The topological polar surface area (TPSA) is 348 Å². The van der Waals surface area contributed by atoms with Gasteiger partial charge in [0.25, 0.3) is 7.40 Å². The maximum atomic E-state index is 9.96. The number of thiol groups is 1. The van der Waals surface area contributed by atoms with E-state index < -0.39 is 20.2 Å². The van der Waals surface area contributed by atoms with Crippen LogP contribution in [0, 0.1) is 14.1 Å². The quantitative estimate of drug-likeness (QED) is 0.0126. The number of carbonyl (C=O) groups is 2. The van der Waals surface area contributed by atoms with Crippen molar-refractivity contribution < 1.29 is 197 Å². The predicted octanol–water partition coefficient (Wildman–Crippen LogP) is 15.1. The molecule has 11 aromatic heterocycles. The molecule has 6 aromatic carbocycles. The zero-order valence-corrected chi connectivity index (χ0v) is 90.0. The van der Waals surface area contributed by atoms with E-state index in [2.05, 4.69) is 230 Å². The summed E-state index contributed by atoms with van der Waals surface area (Å²) in [4.78, 5) is 77.2. The maximum Gasteiger partial charge on any atom is 1.00 e. The summed E-state index contributed by atoms with van der Waals surface area (Å²) in [5.74, 6) is 3.88. The van der Waals surface area contributed by atoms with Crippen molar-refractivity contribution in [2.24, 2.45) is 4.30 Å². The smallest absolute Gasteiger partial charge is 0.463 e. The minimum Gasteiger partial charge on any atom is -0.463 e. The van der Waals surface area contributed by atoms with Gasteiger partial charge in [-0.2, -0.15) is 7.18 Å². The fourth-order valence-corrected chi connectivity index (χ4v) is 13.7. The molecule has 17 aromatic rings. The van der Waals surface area contributed by atoms with Crippen molar-refractivity contribution in [3.05, 3.63) is 251 Å². The first kappa shape index (κ1) is 110. The molecule has 0 aliphatic heterocycles. The number of alkyl halides is 1. The minimum absolute atomic E-state index is 0. The van der Waals surface area contributed by atoms with Crippen LogP contribution in [0.3, 0.4) is 0 Å². The third-order valence-electron chi connectivity index (χ3n) is 17.7. The Hall–Kier alpha value is -7.14. The number of methoxy groups -OCH3 is 3. The van der Waals surface area contributed by atoms with Gasteiger partial charge in [0.2, 0.25) is 0 Å². The van der Waals surface area contributed by atoms with Crippen LogP contribution in [-0.2, 0) is 14.5 Å². The van der Waals surface area contributed by atoms with Crippen molar-refractivity contribution in [3.63, 3.8) is 0 Å². The van der Waals surface area contributed by atoms with Gasteiger partial charge < -0.3 is 43.6 Å². The summed E-state index contributed by atoms with van der Waals surface area (Å²) in [5, 5.41) is 35.4. The molecule has 125 heavy (non-hydrogen) atoms. The number of pyridine rings is 3. The van der Waals surface area contributed by atoms with E-state index in [0.717, 1.165) is 149 Å². The zero-order chi connectivity index (χ0) is 89.3. The fourth-order valence-electron chi connectivity index (χ4n) is 12.8. The van der Waals surface area contributed by atoms with Gasteiger partial charge in [-0.1, -0.05) is 130 Å². The molecule has 0 fully saturated rings. The minimum atomic E-state index is -1.37. The number of imidazole rings is 4. The molecule has 0 saturated carbocycles.